The third-order valence-corrected chi connectivity index (χ3v) is 2.39. The minimum absolute atomic E-state index is 1.11. The molecule has 0 nitrogen and oxygen atoms in total. The number of allylic oxidation sites excluding steroid dienone is 7. The van der Waals surface area contributed by atoms with Gasteiger partial charge in [-0.25, -0.2) is 0 Å². The zero-order valence-electron chi connectivity index (χ0n) is 8.85. The third kappa shape index (κ3) is 2.73. The largest absolute Gasteiger partial charge is 0.0961 e. The van der Waals surface area contributed by atoms with Gasteiger partial charge in [-0.1, -0.05) is 36.0 Å². The highest BCUT2D eigenvalue weighted by atomic mass is 14.1. The van der Waals surface area contributed by atoms with E-state index in [1.165, 1.54) is 29.6 Å². The number of hydrogen-bond donors (Lipinski definition) is 0. The van der Waals surface area contributed by atoms with Crippen molar-refractivity contribution in [2.45, 2.75) is 33.6 Å². The molecule has 0 fully saturated rings. The number of hydrogen-bond acceptors (Lipinski definition) is 0. The normalized spacial score (nSPS) is 17.9. The fourth-order valence-electron chi connectivity index (χ4n) is 1.59. The molecule has 1 aliphatic rings. The molecule has 0 aromatic carbocycles. The zero-order chi connectivity index (χ0) is 9.84. The van der Waals surface area contributed by atoms with Crippen molar-refractivity contribution in [3.05, 3.63) is 47.1 Å². The van der Waals surface area contributed by atoms with Gasteiger partial charge in [0.2, 0.25) is 0 Å². The number of rotatable bonds is 2. The van der Waals surface area contributed by atoms with Gasteiger partial charge < -0.3 is 0 Å². The molecule has 0 heteroatoms. The predicted octanol–water partition coefficient (Wildman–Crippen LogP) is 4.18. The van der Waals surface area contributed by atoms with Crippen LogP contribution in [0.2, 0.25) is 0 Å². The van der Waals surface area contributed by atoms with Crippen molar-refractivity contribution in [1.29, 1.82) is 0 Å². The molecule has 0 heterocycles. The van der Waals surface area contributed by atoms with Crippen LogP contribution in [0.5, 0.6) is 0 Å². The van der Waals surface area contributed by atoms with Crippen LogP contribution in [0.4, 0.5) is 0 Å². The van der Waals surface area contributed by atoms with E-state index < -0.39 is 0 Å². The summed E-state index contributed by atoms with van der Waals surface area (Å²) < 4.78 is 0. The summed E-state index contributed by atoms with van der Waals surface area (Å²) in [6.07, 6.45) is 8.98. The highest BCUT2D eigenvalue weighted by molar-refractivity contribution is 5.45. The maximum atomic E-state index is 3.86. The Morgan fingerprint density at radius 2 is 2.15 bits per heavy atom. The molecule has 0 aromatic heterocycles. The Morgan fingerprint density at radius 3 is 2.69 bits per heavy atom. The summed E-state index contributed by atoms with van der Waals surface area (Å²) in [5.41, 5.74) is 5.41. The molecule has 0 saturated carbocycles. The lowest BCUT2D eigenvalue weighted by Crippen LogP contribution is -1.94. The molecule has 0 aromatic rings. The summed E-state index contributed by atoms with van der Waals surface area (Å²) in [7, 11) is 0. The standard InChI is InChI=1S/C13H18/c1-10(2)8-9-13-11(3)6-5-7-12(13)4/h6,8-9H,1,5,7H2,2-4H3/b9-8+. The second-order valence-electron chi connectivity index (χ2n) is 3.80. The van der Waals surface area contributed by atoms with Gasteiger partial charge in [0.25, 0.3) is 0 Å². The van der Waals surface area contributed by atoms with Gasteiger partial charge in [-0.3, -0.25) is 0 Å². The molecule has 13 heavy (non-hydrogen) atoms. The SMILES string of the molecule is C=C(C)/C=C/C1=C(C)CCC=C1C. The van der Waals surface area contributed by atoms with Crippen LogP contribution in [0.3, 0.4) is 0 Å². The monoisotopic (exact) mass is 174 g/mol. The summed E-state index contributed by atoms with van der Waals surface area (Å²) in [6.45, 7) is 10.3. The Kier molecular flexibility index (Phi) is 3.30. The fraction of sp³-hybridized carbons (Fsp3) is 0.385. The van der Waals surface area contributed by atoms with Crippen molar-refractivity contribution in [3.63, 3.8) is 0 Å². The molecule has 0 spiro atoms. The lowest BCUT2D eigenvalue weighted by molar-refractivity contribution is 0.929. The van der Waals surface area contributed by atoms with Crippen molar-refractivity contribution in [3.8, 4) is 0 Å². The minimum Gasteiger partial charge on any atom is -0.0961 e. The van der Waals surface area contributed by atoms with Crippen LogP contribution in [-0.4, -0.2) is 0 Å². The molecule has 0 saturated heterocycles. The smallest absolute Gasteiger partial charge is 0.0241 e. The lowest BCUT2D eigenvalue weighted by Gasteiger charge is -2.14. The predicted molar refractivity (Wildman–Crippen MR) is 59.6 cm³/mol. The average molecular weight is 174 g/mol. The van der Waals surface area contributed by atoms with Gasteiger partial charge in [-0.2, -0.15) is 0 Å². The van der Waals surface area contributed by atoms with E-state index in [1.807, 2.05) is 6.92 Å². The molecule has 70 valence electrons. The van der Waals surface area contributed by atoms with Crippen LogP contribution < -0.4 is 0 Å². The molecular formula is C13H18. The Hall–Kier alpha value is -1.04. The van der Waals surface area contributed by atoms with E-state index in [2.05, 4.69) is 38.7 Å². The summed E-state index contributed by atoms with van der Waals surface area (Å²) in [5, 5.41) is 0. The molecule has 0 bridgehead atoms. The molecule has 0 N–H and O–H groups in total. The van der Waals surface area contributed by atoms with E-state index >= 15 is 0 Å². The van der Waals surface area contributed by atoms with E-state index in [1.54, 1.807) is 0 Å². The molecule has 0 atom stereocenters. The summed E-state index contributed by atoms with van der Waals surface area (Å²) in [6, 6.07) is 0. The van der Waals surface area contributed by atoms with Crippen LogP contribution in [0.15, 0.2) is 47.1 Å². The molecule has 0 aliphatic heterocycles. The molecule has 0 unspecified atom stereocenters. The van der Waals surface area contributed by atoms with Crippen LogP contribution >= 0.6 is 0 Å². The first-order valence-electron chi connectivity index (χ1n) is 4.81. The average Bonchev–Trinajstić information content (AvgIpc) is 2.03. The van der Waals surface area contributed by atoms with Gasteiger partial charge in [0.1, 0.15) is 0 Å². The van der Waals surface area contributed by atoms with E-state index in [-0.39, 0.29) is 0 Å². The highest BCUT2D eigenvalue weighted by Gasteiger charge is 2.05. The first-order chi connectivity index (χ1) is 6.11. The first-order valence-corrected chi connectivity index (χ1v) is 4.81. The molecule has 1 rings (SSSR count). The molecule has 0 radical (unpaired) electrons. The fourth-order valence-corrected chi connectivity index (χ4v) is 1.59. The highest BCUT2D eigenvalue weighted by Crippen LogP contribution is 2.25. The van der Waals surface area contributed by atoms with Gasteiger partial charge in [-0.05, 0) is 44.8 Å². The second-order valence-corrected chi connectivity index (χ2v) is 3.80. The van der Waals surface area contributed by atoms with Crippen molar-refractivity contribution < 1.29 is 0 Å². The summed E-state index contributed by atoms with van der Waals surface area (Å²) in [5.74, 6) is 0. The molecular weight excluding hydrogens is 156 g/mol. The maximum Gasteiger partial charge on any atom is -0.0241 e. The van der Waals surface area contributed by atoms with Crippen molar-refractivity contribution >= 4 is 0 Å². The summed E-state index contributed by atoms with van der Waals surface area (Å²) in [4.78, 5) is 0. The van der Waals surface area contributed by atoms with E-state index in [0.717, 1.165) is 5.57 Å². The van der Waals surface area contributed by atoms with Gasteiger partial charge in [0, 0.05) is 0 Å². The van der Waals surface area contributed by atoms with E-state index in [0.29, 0.717) is 0 Å². The van der Waals surface area contributed by atoms with Crippen LogP contribution in [0.1, 0.15) is 33.6 Å². The van der Waals surface area contributed by atoms with Crippen LogP contribution in [0, 0.1) is 0 Å². The zero-order valence-corrected chi connectivity index (χ0v) is 8.85. The van der Waals surface area contributed by atoms with Gasteiger partial charge >= 0.3 is 0 Å². The van der Waals surface area contributed by atoms with Crippen molar-refractivity contribution in [2.24, 2.45) is 0 Å². The van der Waals surface area contributed by atoms with Crippen LogP contribution in [0.25, 0.3) is 0 Å². The Labute approximate surface area is 81.4 Å². The maximum absolute atomic E-state index is 3.86. The third-order valence-electron chi connectivity index (χ3n) is 2.39. The quantitative estimate of drug-likeness (QED) is 0.551. The van der Waals surface area contributed by atoms with Gasteiger partial charge in [-0.15, -0.1) is 0 Å². The molecule has 1 aliphatic carbocycles. The Balaban J connectivity index is 2.88. The Morgan fingerprint density at radius 1 is 1.46 bits per heavy atom. The van der Waals surface area contributed by atoms with Gasteiger partial charge in [0.15, 0.2) is 0 Å². The van der Waals surface area contributed by atoms with E-state index in [9.17, 15) is 0 Å². The topological polar surface area (TPSA) is 0 Å². The van der Waals surface area contributed by atoms with Crippen molar-refractivity contribution in [2.75, 3.05) is 0 Å². The molecule has 0 amide bonds. The van der Waals surface area contributed by atoms with Crippen molar-refractivity contribution in [1.82, 2.24) is 0 Å². The van der Waals surface area contributed by atoms with Crippen LogP contribution in [-0.2, 0) is 0 Å². The second kappa shape index (κ2) is 4.27. The summed E-state index contributed by atoms with van der Waals surface area (Å²) >= 11 is 0. The lowest BCUT2D eigenvalue weighted by atomic mass is 9.92. The minimum atomic E-state index is 1.11. The van der Waals surface area contributed by atoms with E-state index in [4.69, 9.17) is 0 Å². The van der Waals surface area contributed by atoms with Gasteiger partial charge in [0.05, 0.1) is 0 Å². The first kappa shape index (κ1) is 10.0. The Bertz CT molecular complexity index is 298.